The Balaban J connectivity index is 1.77. The van der Waals surface area contributed by atoms with Gasteiger partial charge in [-0.05, 0) is 62.0 Å². The zero-order chi connectivity index (χ0) is 22.4. The highest BCUT2D eigenvalue weighted by atomic mass is 32.2. The number of amides is 1. The smallest absolute Gasteiger partial charge is 0.286 e. The van der Waals surface area contributed by atoms with Gasteiger partial charge in [0.2, 0.25) is 0 Å². The van der Waals surface area contributed by atoms with Crippen LogP contribution in [0.2, 0.25) is 0 Å². The van der Waals surface area contributed by atoms with Crippen LogP contribution in [0.5, 0.6) is 11.5 Å². The van der Waals surface area contributed by atoms with Crippen molar-refractivity contribution in [2.24, 2.45) is 5.10 Å². The van der Waals surface area contributed by atoms with Crippen LogP contribution in [-0.2, 0) is 4.79 Å². The quantitative estimate of drug-likeness (QED) is 0.324. The third-order valence-electron chi connectivity index (χ3n) is 4.84. The molecule has 6 nitrogen and oxygen atoms in total. The molecule has 0 aromatic heterocycles. The summed E-state index contributed by atoms with van der Waals surface area (Å²) in [5, 5.41) is 5.57. The van der Waals surface area contributed by atoms with Gasteiger partial charge in [-0.15, -0.1) is 0 Å². The van der Waals surface area contributed by atoms with Crippen LogP contribution < -0.4 is 14.4 Å². The van der Waals surface area contributed by atoms with Gasteiger partial charge < -0.3 is 14.4 Å². The van der Waals surface area contributed by atoms with Crippen molar-refractivity contribution in [3.05, 3.63) is 58.5 Å². The molecular formula is C23H25N3O3S2. The van der Waals surface area contributed by atoms with Crippen LogP contribution in [-0.4, -0.2) is 48.8 Å². The molecule has 0 spiro atoms. The van der Waals surface area contributed by atoms with Gasteiger partial charge in [-0.1, -0.05) is 23.9 Å². The van der Waals surface area contributed by atoms with E-state index in [1.807, 2.05) is 24.3 Å². The molecule has 1 aliphatic heterocycles. The molecule has 3 rings (SSSR count). The van der Waals surface area contributed by atoms with E-state index in [0.717, 1.165) is 29.9 Å². The van der Waals surface area contributed by atoms with Gasteiger partial charge in [-0.25, -0.2) is 0 Å². The van der Waals surface area contributed by atoms with E-state index >= 15 is 0 Å². The summed E-state index contributed by atoms with van der Waals surface area (Å²) in [5.41, 5.74) is 2.81. The second kappa shape index (κ2) is 10.5. The van der Waals surface area contributed by atoms with E-state index in [1.165, 1.54) is 16.8 Å². The molecular weight excluding hydrogens is 430 g/mol. The zero-order valence-corrected chi connectivity index (χ0v) is 19.6. The Morgan fingerprint density at radius 1 is 1.10 bits per heavy atom. The molecule has 0 saturated carbocycles. The lowest BCUT2D eigenvalue weighted by atomic mass is 10.1. The van der Waals surface area contributed by atoms with Crippen LogP contribution >= 0.6 is 24.0 Å². The highest BCUT2D eigenvalue weighted by molar-refractivity contribution is 8.26. The maximum Gasteiger partial charge on any atom is 0.286 e. The number of benzene rings is 2. The number of anilines is 1. The van der Waals surface area contributed by atoms with Crippen LogP contribution in [0.15, 0.2) is 52.5 Å². The molecule has 1 saturated heterocycles. The Morgan fingerprint density at radius 3 is 2.42 bits per heavy atom. The van der Waals surface area contributed by atoms with Crippen LogP contribution in [0.3, 0.4) is 0 Å². The Hall–Kier alpha value is -2.84. The monoisotopic (exact) mass is 455 g/mol. The summed E-state index contributed by atoms with van der Waals surface area (Å²) >= 11 is 6.58. The summed E-state index contributed by atoms with van der Waals surface area (Å²) in [7, 11) is 3.17. The number of hydrogen-bond donors (Lipinski definition) is 0. The minimum Gasteiger partial charge on any atom is -0.497 e. The first-order valence-corrected chi connectivity index (χ1v) is 11.1. The Morgan fingerprint density at radius 2 is 1.81 bits per heavy atom. The van der Waals surface area contributed by atoms with E-state index in [4.69, 9.17) is 21.7 Å². The molecule has 2 aromatic carbocycles. The molecule has 1 amide bonds. The first-order chi connectivity index (χ1) is 15.0. The molecule has 1 fully saturated rings. The number of hydrazone groups is 1. The van der Waals surface area contributed by atoms with Crippen LogP contribution in [0.4, 0.5) is 5.69 Å². The van der Waals surface area contributed by atoms with E-state index in [-0.39, 0.29) is 5.91 Å². The summed E-state index contributed by atoms with van der Waals surface area (Å²) in [6.45, 7) is 6.16. The summed E-state index contributed by atoms with van der Waals surface area (Å²) in [4.78, 5) is 15.6. The lowest BCUT2D eigenvalue weighted by molar-refractivity contribution is -0.122. The van der Waals surface area contributed by atoms with Crippen molar-refractivity contribution in [3.8, 4) is 11.5 Å². The second-order valence-electron chi connectivity index (χ2n) is 6.61. The summed E-state index contributed by atoms with van der Waals surface area (Å²) in [6, 6.07) is 13.5. The number of methoxy groups -OCH3 is 2. The Bertz CT molecular complexity index is 1020. The second-order valence-corrected chi connectivity index (χ2v) is 8.29. The molecule has 8 heteroatoms. The lowest BCUT2D eigenvalue weighted by Crippen LogP contribution is -2.22. The Labute approximate surface area is 192 Å². The van der Waals surface area contributed by atoms with E-state index < -0.39 is 0 Å². The number of nitrogens with zero attached hydrogens (tertiary/aromatic N) is 3. The van der Waals surface area contributed by atoms with Crippen molar-refractivity contribution in [2.75, 3.05) is 32.2 Å². The average Bonchev–Trinajstić information content (AvgIpc) is 3.06. The topological polar surface area (TPSA) is 54.4 Å². The zero-order valence-electron chi connectivity index (χ0n) is 18.0. The maximum absolute atomic E-state index is 12.8. The molecule has 0 N–H and O–H groups in total. The van der Waals surface area contributed by atoms with Gasteiger partial charge >= 0.3 is 0 Å². The van der Waals surface area contributed by atoms with Crippen LogP contribution in [0.1, 0.15) is 25.0 Å². The molecule has 0 aliphatic carbocycles. The van der Waals surface area contributed by atoms with Crippen molar-refractivity contribution in [3.63, 3.8) is 0 Å². The standard InChI is InChI=1S/C23H25N3O3S2/c1-5-25(6-2)18-10-7-16(8-11-18)15-24-26-22(27)21(31-23(26)30)13-17-9-12-19(28-3)14-20(17)29-4/h7-15H,5-6H2,1-4H3/b21-13+,24-15+. The molecule has 162 valence electrons. The van der Waals surface area contributed by atoms with E-state index in [1.54, 1.807) is 32.6 Å². The number of hydrogen-bond acceptors (Lipinski definition) is 7. The molecule has 0 atom stereocenters. The van der Waals surface area contributed by atoms with Crippen LogP contribution in [0.25, 0.3) is 6.08 Å². The van der Waals surface area contributed by atoms with Gasteiger partial charge in [0, 0.05) is 30.4 Å². The minimum atomic E-state index is -0.260. The third kappa shape index (κ3) is 5.26. The fourth-order valence-electron chi connectivity index (χ4n) is 3.12. The van der Waals surface area contributed by atoms with Gasteiger partial charge in [-0.3, -0.25) is 4.79 Å². The molecule has 0 bridgehead atoms. The van der Waals surface area contributed by atoms with E-state index in [0.29, 0.717) is 20.7 Å². The number of ether oxygens (including phenoxy) is 2. The molecule has 0 unspecified atom stereocenters. The van der Waals surface area contributed by atoms with Crippen LogP contribution in [0, 0.1) is 0 Å². The average molecular weight is 456 g/mol. The van der Waals surface area contributed by atoms with Gasteiger partial charge in [0.1, 0.15) is 11.5 Å². The number of carbonyl (C=O) groups is 1. The normalized spacial score (nSPS) is 15.2. The summed E-state index contributed by atoms with van der Waals surface area (Å²) in [5.74, 6) is 1.03. The predicted molar refractivity (Wildman–Crippen MR) is 132 cm³/mol. The Kier molecular flexibility index (Phi) is 7.70. The first kappa shape index (κ1) is 22.8. The van der Waals surface area contributed by atoms with Crippen molar-refractivity contribution in [2.45, 2.75) is 13.8 Å². The van der Waals surface area contributed by atoms with Crippen molar-refractivity contribution in [1.29, 1.82) is 0 Å². The minimum absolute atomic E-state index is 0.260. The van der Waals surface area contributed by atoms with Crippen molar-refractivity contribution >= 4 is 52.2 Å². The molecule has 2 aromatic rings. The number of carbonyl (C=O) groups excluding carboxylic acids is 1. The summed E-state index contributed by atoms with van der Waals surface area (Å²) < 4.78 is 11.0. The summed E-state index contributed by atoms with van der Waals surface area (Å²) in [6.07, 6.45) is 3.40. The predicted octanol–water partition coefficient (Wildman–Crippen LogP) is 4.79. The fourth-order valence-corrected chi connectivity index (χ4v) is 4.29. The highest BCUT2D eigenvalue weighted by Gasteiger charge is 2.32. The van der Waals surface area contributed by atoms with Gasteiger partial charge in [0.25, 0.3) is 5.91 Å². The number of rotatable bonds is 8. The fraction of sp³-hybridized carbons (Fsp3) is 0.261. The van der Waals surface area contributed by atoms with Crippen molar-refractivity contribution < 1.29 is 14.3 Å². The SMILES string of the molecule is CCN(CC)c1ccc(/C=N/N2C(=O)/C(=C\c3ccc(OC)cc3OC)SC2=S)cc1. The molecule has 31 heavy (non-hydrogen) atoms. The molecule has 1 heterocycles. The number of thioether (sulfide) groups is 1. The number of thiocarbonyl (C=S) groups is 1. The molecule has 1 aliphatic rings. The van der Waals surface area contributed by atoms with E-state index in [9.17, 15) is 4.79 Å². The first-order valence-electron chi connectivity index (χ1n) is 9.89. The third-order valence-corrected chi connectivity index (χ3v) is 6.13. The molecule has 0 radical (unpaired) electrons. The highest BCUT2D eigenvalue weighted by Crippen LogP contribution is 2.35. The van der Waals surface area contributed by atoms with Gasteiger partial charge in [0.05, 0.1) is 25.3 Å². The lowest BCUT2D eigenvalue weighted by Gasteiger charge is -2.20. The van der Waals surface area contributed by atoms with Crippen molar-refractivity contribution in [1.82, 2.24) is 5.01 Å². The van der Waals surface area contributed by atoms with Gasteiger partial charge in [0.15, 0.2) is 4.32 Å². The van der Waals surface area contributed by atoms with E-state index in [2.05, 4.69) is 36.0 Å². The van der Waals surface area contributed by atoms with Gasteiger partial charge in [-0.2, -0.15) is 10.1 Å². The maximum atomic E-state index is 12.8. The largest absolute Gasteiger partial charge is 0.497 e.